The number of anilines is 1. The largest absolute Gasteiger partial charge is 0.336 e. The molecule has 0 bridgehead atoms. The highest BCUT2D eigenvalue weighted by Gasteiger charge is 2.34. The van der Waals surface area contributed by atoms with E-state index in [9.17, 15) is 9.59 Å². The maximum absolute atomic E-state index is 13.5. The lowest BCUT2D eigenvalue weighted by Crippen LogP contribution is -2.40. The molecule has 6 nitrogen and oxygen atoms in total. The Morgan fingerprint density at radius 3 is 2.72 bits per heavy atom. The molecule has 2 amide bonds. The molecule has 0 N–H and O–H groups in total. The van der Waals surface area contributed by atoms with Crippen molar-refractivity contribution >= 4 is 17.5 Å². The summed E-state index contributed by atoms with van der Waals surface area (Å²) in [6, 6.07) is 8.07. The number of nitrogens with zero attached hydrogens (tertiary/aromatic N) is 4. The fourth-order valence-corrected chi connectivity index (χ4v) is 5.07. The lowest BCUT2D eigenvalue weighted by molar-refractivity contribution is 0.0664. The number of carbonyl (C=O) groups is 2. The third-order valence-electron chi connectivity index (χ3n) is 6.59. The number of aromatic nitrogens is 2. The fraction of sp³-hybridized carbons (Fsp3) is 0.522. The highest BCUT2D eigenvalue weighted by molar-refractivity contribution is 6.07. The lowest BCUT2D eigenvalue weighted by atomic mass is 10.0. The van der Waals surface area contributed by atoms with E-state index < -0.39 is 0 Å². The Morgan fingerprint density at radius 2 is 1.86 bits per heavy atom. The van der Waals surface area contributed by atoms with Crippen LogP contribution in [0.3, 0.4) is 0 Å². The monoisotopic (exact) mass is 392 g/mol. The molecule has 1 atom stereocenters. The van der Waals surface area contributed by atoms with Crippen LogP contribution in [0.4, 0.5) is 5.69 Å². The van der Waals surface area contributed by atoms with Crippen molar-refractivity contribution in [3.8, 4) is 0 Å². The molecule has 152 valence electrons. The molecule has 0 radical (unpaired) electrons. The predicted octanol–water partition coefficient (Wildman–Crippen LogP) is 3.29. The molecule has 6 heteroatoms. The van der Waals surface area contributed by atoms with E-state index in [0.29, 0.717) is 24.0 Å². The number of hydrogen-bond acceptors (Lipinski definition) is 3. The van der Waals surface area contributed by atoms with Gasteiger partial charge in [-0.3, -0.25) is 9.59 Å². The van der Waals surface area contributed by atoms with Gasteiger partial charge in [-0.15, -0.1) is 0 Å². The number of hydrogen-bond donors (Lipinski definition) is 0. The quantitative estimate of drug-likeness (QED) is 0.788. The van der Waals surface area contributed by atoms with E-state index in [4.69, 9.17) is 0 Å². The summed E-state index contributed by atoms with van der Waals surface area (Å²) in [5, 5.41) is 0. The molecule has 1 aromatic carbocycles. The summed E-state index contributed by atoms with van der Waals surface area (Å²) >= 11 is 0. The highest BCUT2D eigenvalue weighted by Crippen LogP contribution is 2.31. The summed E-state index contributed by atoms with van der Waals surface area (Å²) < 4.78 is 2.03. The first kappa shape index (κ1) is 18.4. The number of imidazole rings is 1. The van der Waals surface area contributed by atoms with Crippen LogP contribution in [-0.2, 0) is 19.4 Å². The zero-order chi connectivity index (χ0) is 20.0. The van der Waals surface area contributed by atoms with Crippen LogP contribution in [0.5, 0.6) is 0 Å². The van der Waals surface area contributed by atoms with Gasteiger partial charge in [-0.1, -0.05) is 25.1 Å². The standard InChI is InChI=1S/C23H28N4O2/c1-16-7-6-12-25(15-16)23(29)21-24-20(19-10-4-5-13-26(19)21)22(28)27-14-11-17-8-2-3-9-18(17)27/h2-3,8-9,16H,4-7,10-15H2,1H3. The minimum atomic E-state index is -0.0633. The zero-order valence-electron chi connectivity index (χ0n) is 17.1. The third-order valence-corrected chi connectivity index (χ3v) is 6.59. The van der Waals surface area contributed by atoms with Crippen LogP contribution in [0, 0.1) is 5.92 Å². The van der Waals surface area contributed by atoms with Gasteiger partial charge in [-0.2, -0.15) is 0 Å². The summed E-state index contributed by atoms with van der Waals surface area (Å²) in [6.45, 7) is 5.21. The highest BCUT2D eigenvalue weighted by atomic mass is 16.2. The van der Waals surface area contributed by atoms with Gasteiger partial charge < -0.3 is 14.4 Å². The van der Waals surface area contributed by atoms with E-state index in [1.165, 1.54) is 12.0 Å². The Bertz CT molecular complexity index is 964. The number of amides is 2. The molecule has 0 spiro atoms. The number of rotatable bonds is 2. The molecular formula is C23H28N4O2. The van der Waals surface area contributed by atoms with Gasteiger partial charge in [0, 0.05) is 31.9 Å². The van der Waals surface area contributed by atoms with Crippen LogP contribution in [-0.4, -0.2) is 45.9 Å². The molecule has 0 saturated carbocycles. The average Bonchev–Trinajstić information content (AvgIpc) is 3.35. The smallest absolute Gasteiger partial charge is 0.289 e. The van der Waals surface area contributed by atoms with Crippen LogP contribution in [0.1, 0.15) is 65.0 Å². The van der Waals surface area contributed by atoms with Gasteiger partial charge >= 0.3 is 0 Å². The summed E-state index contributed by atoms with van der Waals surface area (Å²) in [5.74, 6) is 0.905. The minimum absolute atomic E-state index is 0.0134. The van der Waals surface area contributed by atoms with Crippen molar-refractivity contribution in [2.75, 3.05) is 24.5 Å². The van der Waals surface area contributed by atoms with Gasteiger partial charge in [0.25, 0.3) is 11.8 Å². The first-order chi connectivity index (χ1) is 14.1. The van der Waals surface area contributed by atoms with E-state index in [-0.39, 0.29) is 11.8 Å². The normalized spacial score (nSPS) is 21.1. The Morgan fingerprint density at radius 1 is 1.00 bits per heavy atom. The van der Waals surface area contributed by atoms with Crippen molar-refractivity contribution < 1.29 is 9.59 Å². The molecule has 1 fully saturated rings. The molecule has 3 aliphatic rings. The summed E-state index contributed by atoms with van der Waals surface area (Å²) in [6.07, 6.45) is 5.96. The van der Waals surface area contributed by atoms with Crippen molar-refractivity contribution in [1.29, 1.82) is 0 Å². The Balaban J connectivity index is 1.50. The number of para-hydroxylation sites is 1. The average molecular weight is 393 g/mol. The van der Waals surface area contributed by atoms with Crippen molar-refractivity contribution in [3.05, 3.63) is 47.0 Å². The second-order valence-electron chi connectivity index (χ2n) is 8.67. The maximum atomic E-state index is 13.5. The summed E-state index contributed by atoms with van der Waals surface area (Å²) in [7, 11) is 0. The first-order valence-corrected chi connectivity index (χ1v) is 10.9. The van der Waals surface area contributed by atoms with Crippen LogP contribution in [0.15, 0.2) is 24.3 Å². The zero-order valence-corrected chi connectivity index (χ0v) is 17.1. The molecule has 0 aliphatic carbocycles. The maximum Gasteiger partial charge on any atom is 0.289 e. The molecule has 2 aromatic rings. The Labute approximate surface area is 171 Å². The van der Waals surface area contributed by atoms with Gasteiger partial charge in [-0.05, 0) is 56.1 Å². The summed E-state index contributed by atoms with van der Waals surface area (Å²) in [4.78, 5) is 35.2. The topological polar surface area (TPSA) is 58.4 Å². The van der Waals surface area contributed by atoms with E-state index in [2.05, 4.69) is 18.0 Å². The molecule has 1 aromatic heterocycles. The molecule has 4 heterocycles. The number of benzene rings is 1. The molecule has 5 rings (SSSR count). The molecule has 1 unspecified atom stereocenters. The predicted molar refractivity (Wildman–Crippen MR) is 111 cm³/mol. The van der Waals surface area contributed by atoms with E-state index in [1.807, 2.05) is 32.6 Å². The van der Waals surface area contributed by atoms with Crippen molar-refractivity contribution in [2.24, 2.45) is 5.92 Å². The lowest BCUT2D eigenvalue weighted by Gasteiger charge is -2.31. The molecule has 29 heavy (non-hydrogen) atoms. The van der Waals surface area contributed by atoms with Crippen LogP contribution < -0.4 is 4.90 Å². The van der Waals surface area contributed by atoms with Gasteiger partial charge in [0.1, 0.15) is 0 Å². The number of piperidine rings is 1. The van der Waals surface area contributed by atoms with Crippen molar-refractivity contribution in [3.63, 3.8) is 0 Å². The SMILES string of the molecule is CC1CCCN(C(=O)c2nc(C(=O)N3CCc4ccccc43)c3n2CCCC3)C1. The minimum Gasteiger partial charge on any atom is -0.336 e. The van der Waals surface area contributed by atoms with Gasteiger partial charge in [0.15, 0.2) is 11.5 Å². The van der Waals surface area contributed by atoms with E-state index >= 15 is 0 Å². The van der Waals surface area contributed by atoms with Gasteiger partial charge in [0.2, 0.25) is 0 Å². The fourth-order valence-electron chi connectivity index (χ4n) is 5.07. The molecule has 3 aliphatic heterocycles. The summed E-state index contributed by atoms with van der Waals surface area (Å²) in [5.41, 5.74) is 3.61. The number of fused-ring (bicyclic) bond motifs is 2. The second kappa shape index (κ2) is 7.32. The van der Waals surface area contributed by atoms with Crippen LogP contribution >= 0.6 is 0 Å². The Kier molecular flexibility index (Phi) is 4.64. The van der Waals surface area contributed by atoms with Crippen molar-refractivity contribution in [1.82, 2.24) is 14.5 Å². The number of likely N-dealkylation sites (tertiary alicyclic amines) is 1. The molecular weight excluding hydrogens is 364 g/mol. The van der Waals surface area contributed by atoms with E-state index in [0.717, 1.165) is 63.1 Å². The van der Waals surface area contributed by atoms with Gasteiger partial charge in [-0.25, -0.2) is 4.98 Å². The Hall–Kier alpha value is -2.63. The molecule has 1 saturated heterocycles. The van der Waals surface area contributed by atoms with Gasteiger partial charge in [0.05, 0.1) is 5.69 Å². The first-order valence-electron chi connectivity index (χ1n) is 10.9. The van der Waals surface area contributed by atoms with E-state index in [1.54, 1.807) is 0 Å². The van der Waals surface area contributed by atoms with Crippen LogP contribution in [0.2, 0.25) is 0 Å². The second-order valence-corrected chi connectivity index (χ2v) is 8.67. The number of carbonyl (C=O) groups excluding carboxylic acids is 2. The third kappa shape index (κ3) is 3.15. The van der Waals surface area contributed by atoms with Crippen LogP contribution in [0.25, 0.3) is 0 Å². The van der Waals surface area contributed by atoms with Crippen molar-refractivity contribution in [2.45, 2.75) is 52.0 Å².